The molecule has 0 atom stereocenters. The first-order valence-corrected chi connectivity index (χ1v) is 4.37. The fourth-order valence-electron chi connectivity index (χ4n) is 1.40. The van der Waals surface area contributed by atoms with Crippen LogP contribution in [0.25, 0.3) is 0 Å². The van der Waals surface area contributed by atoms with Gasteiger partial charge in [-0.1, -0.05) is 0 Å². The van der Waals surface area contributed by atoms with Gasteiger partial charge in [0.1, 0.15) is 5.82 Å². The highest BCUT2D eigenvalue weighted by molar-refractivity contribution is 5.43. The molecule has 1 aromatic heterocycles. The number of rotatable bonds is 2. The molecular weight excluding hydrogens is 166 g/mol. The number of hydrogen-bond acceptors (Lipinski definition) is 4. The summed E-state index contributed by atoms with van der Waals surface area (Å²) in [6.07, 6.45) is 1.56. The summed E-state index contributed by atoms with van der Waals surface area (Å²) in [7, 11) is 0. The molecule has 13 heavy (non-hydrogen) atoms. The van der Waals surface area contributed by atoms with E-state index in [0.29, 0.717) is 19.6 Å². The van der Waals surface area contributed by atoms with Crippen molar-refractivity contribution in [3.63, 3.8) is 0 Å². The van der Waals surface area contributed by atoms with Crippen molar-refractivity contribution in [1.29, 1.82) is 0 Å². The predicted octanol–water partition coefficient (Wildman–Crippen LogP) is -0.279. The molecule has 0 amide bonds. The van der Waals surface area contributed by atoms with Crippen molar-refractivity contribution in [1.82, 2.24) is 4.98 Å². The Labute approximate surface area is 77.0 Å². The van der Waals surface area contributed by atoms with Crippen LogP contribution in [0.2, 0.25) is 0 Å². The maximum absolute atomic E-state index is 9.11. The third-order valence-corrected chi connectivity index (χ3v) is 2.23. The number of hydrogen-bond donors (Lipinski definition) is 2. The number of aromatic nitrogens is 1. The zero-order chi connectivity index (χ0) is 9.26. The Morgan fingerprint density at radius 3 is 3.00 bits per heavy atom. The van der Waals surface area contributed by atoms with E-state index in [-0.39, 0.29) is 6.10 Å². The van der Waals surface area contributed by atoms with Crippen LogP contribution in [-0.4, -0.2) is 29.3 Å². The van der Waals surface area contributed by atoms with Gasteiger partial charge in [-0.2, -0.15) is 0 Å². The molecule has 4 nitrogen and oxygen atoms in total. The van der Waals surface area contributed by atoms with Gasteiger partial charge in [-0.3, -0.25) is 0 Å². The fourth-order valence-corrected chi connectivity index (χ4v) is 1.40. The van der Waals surface area contributed by atoms with Crippen molar-refractivity contribution in [3.8, 4) is 0 Å². The Kier molecular flexibility index (Phi) is 2.16. The van der Waals surface area contributed by atoms with Crippen molar-refractivity contribution < 1.29 is 5.11 Å². The van der Waals surface area contributed by atoms with E-state index >= 15 is 0 Å². The summed E-state index contributed by atoms with van der Waals surface area (Å²) in [5.41, 5.74) is 6.59. The Bertz CT molecular complexity index is 297. The van der Waals surface area contributed by atoms with Gasteiger partial charge in [-0.15, -0.1) is 0 Å². The summed E-state index contributed by atoms with van der Waals surface area (Å²) in [5, 5.41) is 9.11. The van der Waals surface area contributed by atoms with Crippen LogP contribution in [0.4, 0.5) is 5.82 Å². The van der Waals surface area contributed by atoms with E-state index in [0.717, 1.165) is 11.4 Å². The lowest BCUT2D eigenvalue weighted by molar-refractivity contribution is 0.141. The summed E-state index contributed by atoms with van der Waals surface area (Å²) in [4.78, 5) is 6.23. The molecule has 3 N–H and O–H groups in total. The van der Waals surface area contributed by atoms with E-state index in [4.69, 9.17) is 10.8 Å². The molecule has 1 fully saturated rings. The van der Waals surface area contributed by atoms with E-state index < -0.39 is 0 Å². The zero-order valence-electron chi connectivity index (χ0n) is 7.35. The lowest BCUT2D eigenvalue weighted by Gasteiger charge is -2.36. The van der Waals surface area contributed by atoms with E-state index in [1.54, 1.807) is 6.20 Å². The summed E-state index contributed by atoms with van der Waals surface area (Å²) in [6, 6.07) is 3.87. The second-order valence-electron chi connectivity index (χ2n) is 3.29. The normalized spacial score (nSPS) is 17.2. The van der Waals surface area contributed by atoms with Gasteiger partial charge in [0.05, 0.1) is 6.10 Å². The second-order valence-corrected chi connectivity index (χ2v) is 3.29. The minimum absolute atomic E-state index is 0.191. The third-order valence-electron chi connectivity index (χ3n) is 2.23. The van der Waals surface area contributed by atoms with Gasteiger partial charge in [0.15, 0.2) is 0 Å². The molecule has 1 aliphatic rings. The van der Waals surface area contributed by atoms with Crippen LogP contribution >= 0.6 is 0 Å². The molecule has 0 saturated carbocycles. The van der Waals surface area contributed by atoms with Gasteiger partial charge in [-0.25, -0.2) is 4.98 Å². The summed E-state index contributed by atoms with van der Waals surface area (Å²) < 4.78 is 0. The van der Waals surface area contributed by atoms with Crippen LogP contribution in [0.3, 0.4) is 0 Å². The standard InChI is InChI=1S/C9H13N3O/c10-4-7-1-2-11-9(3-7)12-5-8(13)6-12/h1-3,8,13H,4-6,10H2. The Balaban J connectivity index is 2.12. The van der Waals surface area contributed by atoms with Crippen molar-refractivity contribution >= 4 is 5.82 Å². The molecule has 4 heteroatoms. The van der Waals surface area contributed by atoms with E-state index in [1.807, 2.05) is 17.0 Å². The lowest BCUT2D eigenvalue weighted by atomic mass is 10.1. The second kappa shape index (κ2) is 3.32. The summed E-state index contributed by atoms with van der Waals surface area (Å²) >= 11 is 0. The monoisotopic (exact) mass is 179 g/mol. The molecule has 0 aromatic carbocycles. The average molecular weight is 179 g/mol. The minimum Gasteiger partial charge on any atom is -0.389 e. The number of nitrogens with zero attached hydrogens (tertiary/aromatic N) is 2. The maximum Gasteiger partial charge on any atom is 0.128 e. The topological polar surface area (TPSA) is 62.4 Å². The van der Waals surface area contributed by atoms with Crippen LogP contribution < -0.4 is 10.6 Å². The Morgan fingerprint density at radius 2 is 2.38 bits per heavy atom. The van der Waals surface area contributed by atoms with Crippen molar-refractivity contribution in [2.45, 2.75) is 12.6 Å². The first-order chi connectivity index (χ1) is 6.29. The van der Waals surface area contributed by atoms with Crippen molar-refractivity contribution in [2.75, 3.05) is 18.0 Å². The molecule has 2 heterocycles. The van der Waals surface area contributed by atoms with E-state index in [1.165, 1.54) is 0 Å². The number of β-amino-alcohol motifs (C(OH)–C–C–N with tert-alkyl or cyclic N) is 1. The first-order valence-electron chi connectivity index (χ1n) is 4.37. The maximum atomic E-state index is 9.11. The minimum atomic E-state index is -0.191. The largest absolute Gasteiger partial charge is 0.389 e. The average Bonchev–Trinajstić information content (AvgIpc) is 2.13. The highest BCUT2D eigenvalue weighted by atomic mass is 16.3. The molecule has 0 aliphatic carbocycles. The molecule has 0 spiro atoms. The SMILES string of the molecule is NCc1ccnc(N2CC(O)C2)c1. The number of aliphatic hydroxyl groups excluding tert-OH is 1. The van der Waals surface area contributed by atoms with Gasteiger partial charge in [-0.05, 0) is 17.7 Å². The van der Waals surface area contributed by atoms with Crippen molar-refractivity contribution in [2.24, 2.45) is 5.73 Å². The summed E-state index contributed by atoms with van der Waals surface area (Å²) in [6.45, 7) is 1.90. The molecule has 0 radical (unpaired) electrons. The predicted molar refractivity (Wildman–Crippen MR) is 50.3 cm³/mol. The first kappa shape index (κ1) is 8.47. The number of aliphatic hydroxyl groups is 1. The zero-order valence-corrected chi connectivity index (χ0v) is 7.35. The smallest absolute Gasteiger partial charge is 0.128 e. The summed E-state index contributed by atoms with van der Waals surface area (Å²) in [5.74, 6) is 0.910. The fraction of sp³-hybridized carbons (Fsp3) is 0.444. The van der Waals surface area contributed by atoms with E-state index in [9.17, 15) is 0 Å². The molecule has 0 unspecified atom stereocenters. The van der Waals surface area contributed by atoms with Gasteiger partial charge < -0.3 is 15.7 Å². The highest BCUT2D eigenvalue weighted by Gasteiger charge is 2.25. The van der Waals surface area contributed by atoms with Crippen LogP contribution in [0.5, 0.6) is 0 Å². The third kappa shape index (κ3) is 1.64. The quantitative estimate of drug-likeness (QED) is 0.655. The lowest BCUT2D eigenvalue weighted by Crippen LogP contribution is -2.51. The van der Waals surface area contributed by atoms with Crippen LogP contribution in [0.15, 0.2) is 18.3 Å². The van der Waals surface area contributed by atoms with Crippen LogP contribution in [0.1, 0.15) is 5.56 Å². The molecule has 1 saturated heterocycles. The van der Waals surface area contributed by atoms with E-state index in [2.05, 4.69) is 4.98 Å². The highest BCUT2D eigenvalue weighted by Crippen LogP contribution is 2.18. The van der Waals surface area contributed by atoms with Gasteiger partial charge >= 0.3 is 0 Å². The number of anilines is 1. The Morgan fingerprint density at radius 1 is 1.62 bits per heavy atom. The van der Waals surface area contributed by atoms with Crippen LogP contribution in [-0.2, 0) is 6.54 Å². The van der Waals surface area contributed by atoms with Crippen molar-refractivity contribution in [3.05, 3.63) is 23.9 Å². The van der Waals surface area contributed by atoms with Gasteiger partial charge in [0.25, 0.3) is 0 Å². The van der Waals surface area contributed by atoms with Gasteiger partial charge in [0.2, 0.25) is 0 Å². The number of pyridine rings is 1. The molecule has 2 rings (SSSR count). The molecule has 70 valence electrons. The molecule has 0 bridgehead atoms. The number of nitrogens with two attached hydrogens (primary N) is 1. The Hall–Kier alpha value is -1.13. The van der Waals surface area contributed by atoms with Crippen LogP contribution in [0, 0.1) is 0 Å². The molecular formula is C9H13N3O. The van der Waals surface area contributed by atoms with Gasteiger partial charge in [0, 0.05) is 25.8 Å². The molecule has 1 aromatic rings. The molecule has 1 aliphatic heterocycles.